The molecule has 4 nitrogen and oxygen atoms in total. The quantitative estimate of drug-likeness (QED) is 0.644. The molecule has 0 aromatic rings. The first-order valence-electron chi connectivity index (χ1n) is 3.77. The molecule has 0 rings (SSSR count). The van der Waals surface area contributed by atoms with Gasteiger partial charge < -0.3 is 4.90 Å². The van der Waals surface area contributed by atoms with Crippen LogP contribution in [0.5, 0.6) is 0 Å². The molecule has 0 aromatic carbocycles. The van der Waals surface area contributed by atoms with Crippen LogP contribution in [-0.2, 0) is 10.1 Å². The van der Waals surface area contributed by atoms with Gasteiger partial charge in [0.15, 0.2) is 0 Å². The summed E-state index contributed by atoms with van der Waals surface area (Å²) in [4.78, 5) is 1.91. The van der Waals surface area contributed by atoms with E-state index in [0.717, 1.165) is 0 Å². The molecule has 0 heterocycles. The monoisotopic (exact) mass is 194 g/mol. The van der Waals surface area contributed by atoms with E-state index < -0.39 is 10.1 Å². The molecule has 0 amide bonds. The number of hydrogen-bond acceptors (Lipinski definition) is 3. The van der Waals surface area contributed by atoms with Crippen molar-refractivity contribution in [2.45, 2.75) is 18.9 Å². The van der Waals surface area contributed by atoms with Crippen molar-refractivity contribution < 1.29 is 13.0 Å². The van der Waals surface area contributed by atoms with Crippen LogP contribution in [0.3, 0.4) is 0 Å². The van der Waals surface area contributed by atoms with Crippen molar-refractivity contribution in [2.75, 3.05) is 19.8 Å². The number of hydrogen-bond donors (Lipinski definition) is 1. The van der Waals surface area contributed by atoms with Gasteiger partial charge in [-0.05, 0) is 33.9 Å². The first-order chi connectivity index (χ1) is 5.33. The highest BCUT2D eigenvalue weighted by Gasteiger charge is 2.08. The van der Waals surface area contributed by atoms with Crippen molar-refractivity contribution in [3.8, 4) is 0 Å². The zero-order valence-corrected chi connectivity index (χ0v) is 8.34. The van der Waals surface area contributed by atoms with Crippen molar-refractivity contribution in [2.24, 2.45) is 0 Å². The second-order valence-electron chi connectivity index (χ2n) is 3.05. The first-order valence-corrected chi connectivity index (χ1v) is 5.38. The maximum Gasteiger partial charge on any atom is 0.264 e. The summed E-state index contributed by atoms with van der Waals surface area (Å²) in [5.41, 5.74) is 0. The third-order valence-corrected chi connectivity index (χ3v) is 2.47. The lowest BCUT2D eigenvalue weighted by Gasteiger charge is -2.18. The molecule has 5 heteroatoms. The van der Waals surface area contributed by atoms with Crippen molar-refractivity contribution in [1.82, 2.24) is 4.90 Å². The highest BCUT2D eigenvalue weighted by Crippen LogP contribution is 2.02. The maximum atomic E-state index is 10.3. The minimum atomic E-state index is -3.79. The van der Waals surface area contributed by atoms with Gasteiger partial charge in [0.2, 0.25) is 0 Å². The van der Waals surface area contributed by atoms with Gasteiger partial charge in [-0.2, -0.15) is 8.42 Å². The largest absolute Gasteiger partial charge is 0.306 e. The van der Waals surface area contributed by atoms with Crippen LogP contribution in [0, 0.1) is 6.92 Å². The average molecular weight is 194 g/mol. The van der Waals surface area contributed by atoms with Crippen LogP contribution in [-0.4, -0.2) is 43.8 Å². The zero-order valence-electron chi connectivity index (χ0n) is 7.52. The molecule has 0 saturated heterocycles. The van der Waals surface area contributed by atoms with E-state index in [0.29, 0.717) is 12.8 Å². The minimum absolute atomic E-state index is 0.103. The highest BCUT2D eigenvalue weighted by atomic mass is 32.2. The molecule has 1 atom stereocenters. The van der Waals surface area contributed by atoms with Gasteiger partial charge in [0.25, 0.3) is 10.1 Å². The van der Waals surface area contributed by atoms with Crippen LogP contribution in [0.15, 0.2) is 0 Å². The molecule has 0 aromatic heterocycles. The third-order valence-electron chi connectivity index (χ3n) is 1.67. The number of rotatable bonds is 5. The van der Waals surface area contributed by atoms with Crippen LogP contribution in [0.25, 0.3) is 0 Å². The molecule has 0 fully saturated rings. The lowest BCUT2D eigenvalue weighted by molar-refractivity contribution is 0.323. The van der Waals surface area contributed by atoms with E-state index in [2.05, 4.69) is 6.92 Å². The number of nitrogens with zero attached hydrogens (tertiary/aromatic N) is 1. The Labute approximate surface area is 74.3 Å². The maximum absolute atomic E-state index is 10.3. The molecule has 0 aliphatic carbocycles. The Morgan fingerprint density at radius 2 is 2.00 bits per heavy atom. The second-order valence-corrected chi connectivity index (χ2v) is 4.62. The van der Waals surface area contributed by atoms with E-state index in [9.17, 15) is 8.42 Å². The van der Waals surface area contributed by atoms with Crippen LogP contribution >= 0.6 is 0 Å². The van der Waals surface area contributed by atoms with Gasteiger partial charge in [-0.25, -0.2) is 0 Å². The molecular weight excluding hydrogens is 178 g/mol. The van der Waals surface area contributed by atoms with Gasteiger partial charge in [0.05, 0.1) is 5.75 Å². The van der Waals surface area contributed by atoms with E-state index in [1.165, 1.54) is 0 Å². The van der Waals surface area contributed by atoms with Gasteiger partial charge in [-0.3, -0.25) is 4.55 Å². The Morgan fingerprint density at radius 3 is 2.33 bits per heavy atom. The fourth-order valence-corrected chi connectivity index (χ4v) is 1.29. The van der Waals surface area contributed by atoms with Gasteiger partial charge >= 0.3 is 0 Å². The van der Waals surface area contributed by atoms with E-state index in [4.69, 9.17) is 4.55 Å². The fraction of sp³-hybridized carbons (Fsp3) is 0.857. The normalized spacial score (nSPS) is 15.1. The summed E-state index contributed by atoms with van der Waals surface area (Å²) >= 11 is 0. The van der Waals surface area contributed by atoms with Crippen molar-refractivity contribution in [3.05, 3.63) is 6.92 Å². The summed E-state index contributed by atoms with van der Waals surface area (Å²) < 4.78 is 29.0. The molecule has 73 valence electrons. The highest BCUT2D eigenvalue weighted by molar-refractivity contribution is 7.85. The lowest BCUT2D eigenvalue weighted by Crippen LogP contribution is -2.25. The van der Waals surface area contributed by atoms with Gasteiger partial charge in [0, 0.05) is 6.04 Å². The molecule has 1 radical (unpaired) electrons. The molecule has 12 heavy (non-hydrogen) atoms. The summed E-state index contributed by atoms with van der Waals surface area (Å²) in [6.45, 7) is 3.81. The van der Waals surface area contributed by atoms with E-state index in [-0.39, 0.29) is 11.8 Å². The zero-order chi connectivity index (χ0) is 9.78. The third kappa shape index (κ3) is 6.57. The molecule has 1 N–H and O–H groups in total. The summed E-state index contributed by atoms with van der Waals surface area (Å²) in [5, 5.41) is 0. The molecule has 0 bridgehead atoms. The molecule has 0 aliphatic heterocycles. The Hall–Kier alpha value is -0.130. The summed E-state index contributed by atoms with van der Waals surface area (Å²) in [5.74, 6) is -0.174. The molecule has 1 unspecified atom stereocenters. The van der Waals surface area contributed by atoms with Gasteiger partial charge in [-0.15, -0.1) is 0 Å². The molecule has 0 spiro atoms. The summed E-state index contributed by atoms with van der Waals surface area (Å²) in [6, 6.07) is 0.103. The summed E-state index contributed by atoms with van der Waals surface area (Å²) in [7, 11) is -0.0316. The predicted molar refractivity (Wildman–Crippen MR) is 48.5 cm³/mol. The Kier molecular flexibility index (Phi) is 4.74. The van der Waals surface area contributed by atoms with Gasteiger partial charge in [-0.1, -0.05) is 0 Å². The van der Waals surface area contributed by atoms with E-state index >= 15 is 0 Å². The van der Waals surface area contributed by atoms with Crippen LogP contribution in [0.4, 0.5) is 0 Å². The van der Waals surface area contributed by atoms with Crippen LogP contribution in [0.1, 0.15) is 12.8 Å². The SMILES string of the molecule is [CH2]C(CCCS(=O)(=O)O)N(C)C. The average Bonchev–Trinajstić information content (AvgIpc) is 1.84. The van der Waals surface area contributed by atoms with Crippen molar-refractivity contribution in [3.63, 3.8) is 0 Å². The standard InChI is InChI=1S/C7H16NO3S/c1-7(8(2)3)5-4-6-12(9,10)11/h7H,1,4-6H2,2-3H3,(H,9,10,11). The lowest BCUT2D eigenvalue weighted by atomic mass is 10.2. The van der Waals surface area contributed by atoms with Crippen LogP contribution < -0.4 is 0 Å². The van der Waals surface area contributed by atoms with Crippen LogP contribution in [0.2, 0.25) is 0 Å². The van der Waals surface area contributed by atoms with Crippen molar-refractivity contribution in [1.29, 1.82) is 0 Å². The van der Waals surface area contributed by atoms with E-state index in [1.807, 2.05) is 19.0 Å². The summed E-state index contributed by atoms with van der Waals surface area (Å²) in [6.07, 6.45) is 1.12. The topological polar surface area (TPSA) is 57.6 Å². The minimum Gasteiger partial charge on any atom is -0.306 e. The second kappa shape index (κ2) is 4.79. The molecular formula is C7H16NO3S. The van der Waals surface area contributed by atoms with E-state index in [1.54, 1.807) is 0 Å². The van der Waals surface area contributed by atoms with Gasteiger partial charge in [0.1, 0.15) is 0 Å². The predicted octanol–water partition coefficient (Wildman–Crippen LogP) is 0.419. The van der Waals surface area contributed by atoms with Crippen molar-refractivity contribution >= 4 is 10.1 Å². The Morgan fingerprint density at radius 1 is 1.50 bits per heavy atom. The molecule has 0 aliphatic rings. The first kappa shape index (κ1) is 11.9. The molecule has 0 saturated carbocycles. The Bertz CT molecular complexity index is 211. The Balaban J connectivity index is 3.58. The fourth-order valence-electron chi connectivity index (χ4n) is 0.760. The smallest absolute Gasteiger partial charge is 0.264 e.